The molecule has 1 fully saturated rings. The van der Waals surface area contributed by atoms with Gasteiger partial charge in [-0.15, -0.1) is 11.3 Å². The van der Waals surface area contributed by atoms with Crippen LogP contribution in [0.3, 0.4) is 0 Å². The average Bonchev–Trinajstić information content (AvgIpc) is 3.46. The second-order valence-electron chi connectivity index (χ2n) is 12.0. The van der Waals surface area contributed by atoms with Gasteiger partial charge in [-0.2, -0.15) is 0 Å². The van der Waals surface area contributed by atoms with Crippen LogP contribution in [-0.4, -0.2) is 21.1 Å². The fourth-order valence-corrected chi connectivity index (χ4v) is 9.23. The standard InChI is InChI=1S/C31H36N4S/c1-19-10-13-27-24(16-19)28-30(32-18-33-31(28)36-27)35-15-14-34-25-12-11-21(20-6-3-2-4-7-20)17-23(25)22-8-5-9-26(35)29(22)34/h11-12,17-20,26H,2-10,13-16H2,1H3. The first-order chi connectivity index (χ1) is 17.8. The van der Waals surface area contributed by atoms with Gasteiger partial charge in [-0.3, -0.25) is 0 Å². The van der Waals surface area contributed by atoms with Crippen molar-refractivity contribution in [2.45, 2.75) is 96.1 Å². The SMILES string of the molecule is CC1CCc2sc3ncnc(N4CCn5c6c(c7cc(C8CCCCC8)ccc75)CCCC64)c3c2C1. The number of nitrogens with zero attached hydrogens (tertiary/aromatic N) is 4. The van der Waals surface area contributed by atoms with E-state index in [0.29, 0.717) is 6.04 Å². The highest BCUT2D eigenvalue weighted by molar-refractivity contribution is 7.19. The maximum Gasteiger partial charge on any atom is 0.141 e. The zero-order valence-electron chi connectivity index (χ0n) is 21.4. The molecule has 36 heavy (non-hydrogen) atoms. The highest BCUT2D eigenvalue weighted by Crippen LogP contribution is 2.48. The van der Waals surface area contributed by atoms with Gasteiger partial charge in [0.15, 0.2) is 0 Å². The third-order valence-electron chi connectivity index (χ3n) is 9.81. The number of hydrogen-bond donors (Lipinski definition) is 0. The summed E-state index contributed by atoms with van der Waals surface area (Å²) in [5.74, 6) is 2.74. The number of thiophene rings is 1. The van der Waals surface area contributed by atoms with Gasteiger partial charge in [0, 0.05) is 34.6 Å². The van der Waals surface area contributed by atoms with Crippen LogP contribution >= 0.6 is 11.3 Å². The van der Waals surface area contributed by atoms with Gasteiger partial charge in [0.1, 0.15) is 17.0 Å². The average molecular weight is 497 g/mol. The molecule has 1 saturated carbocycles. The lowest BCUT2D eigenvalue weighted by Gasteiger charge is -2.41. The van der Waals surface area contributed by atoms with Gasteiger partial charge in [-0.1, -0.05) is 32.3 Å². The first kappa shape index (κ1) is 21.7. The van der Waals surface area contributed by atoms with Crippen molar-refractivity contribution in [1.29, 1.82) is 0 Å². The molecule has 4 aliphatic rings. The van der Waals surface area contributed by atoms with Gasteiger partial charge in [0.05, 0.1) is 11.4 Å². The summed E-state index contributed by atoms with van der Waals surface area (Å²) in [4.78, 5) is 15.2. The van der Waals surface area contributed by atoms with Crippen LogP contribution in [0.5, 0.6) is 0 Å². The molecule has 2 unspecified atom stereocenters. The number of benzene rings is 1. The Morgan fingerprint density at radius 1 is 0.917 bits per heavy atom. The highest BCUT2D eigenvalue weighted by atomic mass is 32.1. The summed E-state index contributed by atoms with van der Waals surface area (Å²) >= 11 is 1.93. The third kappa shape index (κ3) is 3.17. The molecule has 186 valence electrons. The molecule has 5 heteroatoms. The number of hydrogen-bond acceptors (Lipinski definition) is 4. The van der Waals surface area contributed by atoms with Gasteiger partial charge < -0.3 is 9.47 Å². The van der Waals surface area contributed by atoms with Crippen LogP contribution in [0, 0.1) is 5.92 Å². The minimum Gasteiger partial charge on any atom is -0.346 e. The van der Waals surface area contributed by atoms with Crippen LogP contribution in [0.15, 0.2) is 24.5 Å². The summed E-state index contributed by atoms with van der Waals surface area (Å²) < 4.78 is 2.68. The molecule has 1 aliphatic heterocycles. The van der Waals surface area contributed by atoms with Crippen molar-refractivity contribution < 1.29 is 0 Å². The van der Waals surface area contributed by atoms with E-state index in [2.05, 4.69) is 34.6 Å². The molecule has 3 aromatic heterocycles. The molecule has 4 nitrogen and oxygen atoms in total. The smallest absolute Gasteiger partial charge is 0.141 e. The lowest BCUT2D eigenvalue weighted by Crippen LogP contribution is -2.40. The van der Waals surface area contributed by atoms with Crippen LogP contribution in [0.25, 0.3) is 21.1 Å². The molecular weight excluding hydrogens is 460 g/mol. The summed E-state index contributed by atoms with van der Waals surface area (Å²) in [5, 5.41) is 2.93. The van der Waals surface area contributed by atoms with Crippen LogP contribution in [0.2, 0.25) is 0 Å². The highest BCUT2D eigenvalue weighted by Gasteiger charge is 2.37. The number of rotatable bonds is 2. The molecule has 4 heterocycles. The molecule has 0 spiro atoms. The van der Waals surface area contributed by atoms with Gasteiger partial charge in [-0.25, -0.2) is 9.97 Å². The number of fused-ring (bicyclic) bond motifs is 6. The third-order valence-corrected chi connectivity index (χ3v) is 11.0. The van der Waals surface area contributed by atoms with Crippen molar-refractivity contribution in [3.05, 3.63) is 51.8 Å². The normalized spacial score (nSPS) is 24.3. The first-order valence-electron chi connectivity index (χ1n) is 14.4. The first-order valence-corrected chi connectivity index (χ1v) is 15.2. The summed E-state index contributed by atoms with van der Waals surface area (Å²) in [6.45, 7) is 4.50. The monoisotopic (exact) mass is 496 g/mol. The van der Waals surface area contributed by atoms with Crippen molar-refractivity contribution in [3.8, 4) is 0 Å². The minimum absolute atomic E-state index is 0.433. The zero-order chi connectivity index (χ0) is 23.8. The summed E-state index contributed by atoms with van der Waals surface area (Å²) in [7, 11) is 0. The molecule has 4 aromatic rings. The lowest BCUT2D eigenvalue weighted by atomic mass is 9.83. The molecule has 0 radical (unpaired) electrons. The van der Waals surface area contributed by atoms with Crippen LogP contribution in [-0.2, 0) is 25.8 Å². The van der Waals surface area contributed by atoms with Crippen molar-refractivity contribution in [1.82, 2.24) is 14.5 Å². The molecule has 0 saturated heterocycles. The van der Waals surface area contributed by atoms with Gasteiger partial charge in [-0.05, 0) is 92.0 Å². The van der Waals surface area contributed by atoms with E-state index in [-0.39, 0.29) is 0 Å². The summed E-state index contributed by atoms with van der Waals surface area (Å²) in [5.41, 5.74) is 7.85. The summed E-state index contributed by atoms with van der Waals surface area (Å²) in [6.07, 6.45) is 16.2. The molecule has 3 aliphatic carbocycles. The van der Waals surface area contributed by atoms with Crippen LogP contribution in [0.4, 0.5) is 5.82 Å². The molecule has 8 rings (SSSR count). The molecular formula is C31H36N4S. The fourth-order valence-electron chi connectivity index (χ4n) is 8.05. The molecule has 1 aromatic carbocycles. The van der Waals surface area contributed by atoms with Gasteiger partial charge in [0.2, 0.25) is 0 Å². The quantitative estimate of drug-likeness (QED) is 0.285. The molecule has 0 bridgehead atoms. The largest absolute Gasteiger partial charge is 0.346 e. The number of anilines is 1. The second kappa shape index (κ2) is 8.31. The van der Waals surface area contributed by atoms with E-state index in [0.717, 1.165) is 24.9 Å². The van der Waals surface area contributed by atoms with E-state index < -0.39 is 0 Å². The van der Waals surface area contributed by atoms with Gasteiger partial charge in [0.25, 0.3) is 0 Å². The Morgan fingerprint density at radius 3 is 2.75 bits per heavy atom. The van der Waals surface area contributed by atoms with Crippen molar-refractivity contribution in [2.75, 3.05) is 11.4 Å². The maximum atomic E-state index is 5.00. The van der Waals surface area contributed by atoms with E-state index in [9.17, 15) is 0 Å². The Morgan fingerprint density at radius 2 is 1.83 bits per heavy atom. The van der Waals surface area contributed by atoms with E-state index >= 15 is 0 Å². The van der Waals surface area contributed by atoms with Crippen molar-refractivity contribution in [2.24, 2.45) is 5.92 Å². The number of aromatic nitrogens is 3. The Bertz CT molecular complexity index is 1470. The van der Waals surface area contributed by atoms with E-state index in [1.165, 1.54) is 92.2 Å². The second-order valence-corrected chi connectivity index (χ2v) is 13.0. The van der Waals surface area contributed by atoms with E-state index in [1.807, 2.05) is 17.7 Å². The predicted molar refractivity (Wildman–Crippen MR) is 149 cm³/mol. The van der Waals surface area contributed by atoms with Crippen LogP contribution in [0.1, 0.15) is 97.5 Å². The Balaban J connectivity index is 1.25. The van der Waals surface area contributed by atoms with Crippen LogP contribution < -0.4 is 4.90 Å². The topological polar surface area (TPSA) is 34.0 Å². The lowest BCUT2D eigenvalue weighted by molar-refractivity contribution is 0.435. The van der Waals surface area contributed by atoms with Crippen molar-refractivity contribution >= 4 is 38.3 Å². The zero-order valence-corrected chi connectivity index (χ0v) is 22.2. The molecule has 2 atom stereocenters. The fraction of sp³-hybridized carbons (Fsp3) is 0.548. The maximum absolute atomic E-state index is 5.00. The molecule has 0 N–H and O–H groups in total. The van der Waals surface area contributed by atoms with E-state index in [1.54, 1.807) is 32.6 Å². The Hall–Kier alpha value is -2.40. The number of aryl methyl sites for hydroxylation is 2. The Kier molecular flexibility index (Phi) is 5.00. The minimum atomic E-state index is 0.433. The predicted octanol–water partition coefficient (Wildman–Crippen LogP) is 7.72. The molecule has 0 amide bonds. The van der Waals surface area contributed by atoms with Gasteiger partial charge >= 0.3 is 0 Å². The summed E-state index contributed by atoms with van der Waals surface area (Å²) in [6, 6.07) is 7.95. The van der Waals surface area contributed by atoms with E-state index in [4.69, 9.17) is 9.97 Å². The Labute approximate surface area is 217 Å². The van der Waals surface area contributed by atoms with Crippen molar-refractivity contribution in [3.63, 3.8) is 0 Å².